The molecule has 1 atom stereocenters. The molecule has 0 saturated heterocycles. The van der Waals surface area contributed by atoms with Crippen molar-refractivity contribution in [2.24, 2.45) is 0 Å². The number of para-hydroxylation sites is 2. The van der Waals surface area contributed by atoms with E-state index in [0.717, 1.165) is 19.3 Å². The predicted octanol–water partition coefficient (Wildman–Crippen LogP) is 5.73. The van der Waals surface area contributed by atoms with E-state index >= 15 is 0 Å². The standard InChI is InChI=1S/C20H21ClN2O6/c1-2-3-4-5-8-16(14-28-19-10-7-6-9-17(19)22(24)25)29-20-12-11-15(21)13-18(20)23(26)27/h2,6-7,9-13,16H,1,3-5,8,14H2. The second kappa shape index (κ2) is 11.0. The van der Waals surface area contributed by atoms with Crippen molar-refractivity contribution in [3.63, 3.8) is 0 Å². The van der Waals surface area contributed by atoms with E-state index in [9.17, 15) is 20.2 Å². The second-order valence-corrected chi connectivity index (χ2v) is 6.65. The van der Waals surface area contributed by atoms with Gasteiger partial charge >= 0.3 is 11.4 Å². The molecule has 2 rings (SSSR count). The van der Waals surface area contributed by atoms with Crippen molar-refractivity contribution >= 4 is 23.0 Å². The summed E-state index contributed by atoms with van der Waals surface area (Å²) in [5, 5.41) is 22.7. The Morgan fingerprint density at radius 1 is 1.03 bits per heavy atom. The molecule has 8 nitrogen and oxygen atoms in total. The Kier molecular flexibility index (Phi) is 8.42. The lowest BCUT2D eigenvalue weighted by Gasteiger charge is -2.19. The fourth-order valence-electron chi connectivity index (χ4n) is 2.66. The average Bonchev–Trinajstić information content (AvgIpc) is 2.70. The van der Waals surface area contributed by atoms with Crippen molar-refractivity contribution in [1.82, 2.24) is 0 Å². The monoisotopic (exact) mass is 420 g/mol. The Bertz CT molecular complexity index is 874. The van der Waals surface area contributed by atoms with E-state index in [-0.39, 0.29) is 34.5 Å². The topological polar surface area (TPSA) is 105 Å². The van der Waals surface area contributed by atoms with Gasteiger partial charge in [0.15, 0.2) is 11.5 Å². The third kappa shape index (κ3) is 6.76. The Morgan fingerprint density at radius 3 is 2.45 bits per heavy atom. The highest BCUT2D eigenvalue weighted by Gasteiger charge is 2.22. The zero-order valence-corrected chi connectivity index (χ0v) is 16.4. The molecule has 2 aromatic rings. The molecule has 0 N–H and O–H groups in total. The summed E-state index contributed by atoms with van der Waals surface area (Å²) < 4.78 is 11.5. The fourth-order valence-corrected chi connectivity index (χ4v) is 2.83. The van der Waals surface area contributed by atoms with Crippen molar-refractivity contribution < 1.29 is 19.3 Å². The molecule has 0 amide bonds. The van der Waals surface area contributed by atoms with Gasteiger partial charge in [-0.3, -0.25) is 20.2 Å². The van der Waals surface area contributed by atoms with Crippen LogP contribution in [0.5, 0.6) is 11.5 Å². The van der Waals surface area contributed by atoms with Crippen LogP contribution in [0.1, 0.15) is 25.7 Å². The number of nitrogens with zero attached hydrogens (tertiary/aromatic N) is 2. The minimum absolute atomic E-state index is 0.00127. The van der Waals surface area contributed by atoms with E-state index < -0.39 is 16.0 Å². The van der Waals surface area contributed by atoms with Gasteiger partial charge in [-0.05, 0) is 43.9 Å². The van der Waals surface area contributed by atoms with Gasteiger partial charge in [-0.2, -0.15) is 0 Å². The first-order valence-corrected chi connectivity index (χ1v) is 9.38. The van der Waals surface area contributed by atoms with Crippen molar-refractivity contribution in [2.75, 3.05) is 6.61 Å². The molecule has 0 aliphatic carbocycles. The zero-order chi connectivity index (χ0) is 21.2. The maximum Gasteiger partial charge on any atom is 0.312 e. The molecule has 0 radical (unpaired) electrons. The van der Waals surface area contributed by atoms with Crippen LogP contribution in [0.4, 0.5) is 11.4 Å². The Balaban J connectivity index is 2.16. The van der Waals surface area contributed by atoms with Gasteiger partial charge in [-0.1, -0.05) is 29.8 Å². The summed E-state index contributed by atoms with van der Waals surface area (Å²) >= 11 is 5.85. The lowest BCUT2D eigenvalue weighted by atomic mass is 10.1. The Morgan fingerprint density at radius 2 is 1.76 bits per heavy atom. The summed E-state index contributed by atoms with van der Waals surface area (Å²) in [6, 6.07) is 10.2. The summed E-state index contributed by atoms with van der Waals surface area (Å²) in [5.41, 5.74) is -0.408. The van der Waals surface area contributed by atoms with Crippen LogP contribution in [0.15, 0.2) is 55.1 Å². The van der Waals surface area contributed by atoms with Crippen molar-refractivity contribution in [3.8, 4) is 11.5 Å². The number of nitro groups is 2. The van der Waals surface area contributed by atoms with Gasteiger partial charge in [0.05, 0.1) is 9.85 Å². The average molecular weight is 421 g/mol. The third-order valence-corrected chi connectivity index (χ3v) is 4.32. The number of hydrogen-bond donors (Lipinski definition) is 0. The van der Waals surface area contributed by atoms with E-state index in [1.165, 1.54) is 30.3 Å². The molecule has 2 aromatic carbocycles. The SMILES string of the molecule is C=CCCCCC(COc1ccccc1[N+](=O)[O-])Oc1ccc(Cl)cc1[N+](=O)[O-]. The third-order valence-electron chi connectivity index (χ3n) is 4.08. The lowest BCUT2D eigenvalue weighted by molar-refractivity contribution is -0.386. The maximum atomic E-state index is 11.3. The molecule has 9 heteroatoms. The van der Waals surface area contributed by atoms with Crippen LogP contribution < -0.4 is 9.47 Å². The normalized spacial score (nSPS) is 11.5. The molecule has 0 aliphatic heterocycles. The molecule has 0 spiro atoms. The largest absolute Gasteiger partial charge is 0.483 e. The number of ether oxygens (including phenoxy) is 2. The maximum absolute atomic E-state index is 11.3. The highest BCUT2D eigenvalue weighted by atomic mass is 35.5. The Labute approximate surface area is 173 Å². The summed E-state index contributed by atoms with van der Waals surface area (Å²) in [5.74, 6) is 0.182. The van der Waals surface area contributed by atoms with Crippen LogP contribution in [-0.2, 0) is 0 Å². The minimum Gasteiger partial charge on any atom is -0.483 e. The highest BCUT2D eigenvalue weighted by molar-refractivity contribution is 6.30. The number of unbranched alkanes of at least 4 members (excludes halogenated alkanes) is 2. The van der Waals surface area contributed by atoms with Gasteiger partial charge in [-0.25, -0.2) is 0 Å². The number of rotatable bonds is 12. The van der Waals surface area contributed by atoms with E-state index in [4.69, 9.17) is 21.1 Å². The van der Waals surface area contributed by atoms with Gasteiger partial charge in [0.2, 0.25) is 0 Å². The molecule has 0 bridgehead atoms. The van der Waals surface area contributed by atoms with E-state index in [1.807, 2.05) is 6.08 Å². The van der Waals surface area contributed by atoms with Gasteiger partial charge < -0.3 is 9.47 Å². The van der Waals surface area contributed by atoms with Crippen molar-refractivity contribution in [3.05, 3.63) is 80.4 Å². The van der Waals surface area contributed by atoms with Crippen LogP contribution in [0.2, 0.25) is 5.02 Å². The molecule has 1 unspecified atom stereocenters. The molecule has 0 fully saturated rings. The van der Waals surface area contributed by atoms with Crippen LogP contribution in [0, 0.1) is 20.2 Å². The van der Waals surface area contributed by atoms with E-state index in [2.05, 4.69) is 6.58 Å². The van der Waals surface area contributed by atoms with Gasteiger partial charge in [0.25, 0.3) is 0 Å². The first kappa shape index (κ1) is 22.2. The minimum atomic E-state index is -0.571. The Hall–Kier alpha value is -3.13. The molecule has 0 saturated carbocycles. The number of nitro benzene ring substituents is 2. The highest BCUT2D eigenvalue weighted by Crippen LogP contribution is 2.32. The predicted molar refractivity (Wildman–Crippen MR) is 110 cm³/mol. The van der Waals surface area contributed by atoms with Crippen molar-refractivity contribution in [1.29, 1.82) is 0 Å². The van der Waals surface area contributed by atoms with Crippen LogP contribution in [-0.4, -0.2) is 22.6 Å². The molecular formula is C20H21ClN2O6. The number of halogens is 1. The lowest BCUT2D eigenvalue weighted by Crippen LogP contribution is -2.25. The fraction of sp³-hybridized carbons (Fsp3) is 0.300. The first-order valence-electron chi connectivity index (χ1n) is 9.00. The molecule has 0 aromatic heterocycles. The molecule has 0 heterocycles. The number of benzene rings is 2. The molecule has 29 heavy (non-hydrogen) atoms. The van der Waals surface area contributed by atoms with E-state index in [1.54, 1.807) is 12.1 Å². The van der Waals surface area contributed by atoms with Gasteiger partial charge in [0.1, 0.15) is 12.7 Å². The summed E-state index contributed by atoms with van der Waals surface area (Å²) in [6.07, 6.45) is 4.30. The summed E-state index contributed by atoms with van der Waals surface area (Å²) in [6.45, 7) is 3.68. The molecule has 154 valence electrons. The van der Waals surface area contributed by atoms with Gasteiger partial charge in [-0.15, -0.1) is 6.58 Å². The van der Waals surface area contributed by atoms with Gasteiger partial charge in [0, 0.05) is 17.2 Å². The quantitative estimate of drug-likeness (QED) is 0.188. The zero-order valence-electron chi connectivity index (χ0n) is 15.7. The number of allylic oxidation sites excluding steroid dienone is 1. The molecule has 0 aliphatic rings. The molecular weight excluding hydrogens is 400 g/mol. The van der Waals surface area contributed by atoms with E-state index in [0.29, 0.717) is 6.42 Å². The van der Waals surface area contributed by atoms with Crippen molar-refractivity contribution in [2.45, 2.75) is 31.8 Å². The van der Waals surface area contributed by atoms with Crippen LogP contribution in [0.25, 0.3) is 0 Å². The number of hydrogen-bond acceptors (Lipinski definition) is 6. The smallest absolute Gasteiger partial charge is 0.312 e. The summed E-state index contributed by atoms with van der Waals surface area (Å²) in [7, 11) is 0. The van der Waals surface area contributed by atoms with Crippen LogP contribution >= 0.6 is 11.6 Å². The first-order chi connectivity index (χ1) is 13.9. The summed E-state index contributed by atoms with van der Waals surface area (Å²) in [4.78, 5) is 21.4. The van der Waals surface area contributed by atoms with Crippen LogP contribution in [0.3, 0.4) is 0 Å². The second-order valence-electron chi connectivity index (χ2n) is 6.22.